The van der Waals surface area contributed by atoms with Crippen LogP contribution in [0.15, 0.2) is 115 Å². The quantitative estimate of drug-likeness (QED) is 0.104. The summed E-state index contributed by atoms with van der Waals surface area (Å²) in [6, 6.07) is 21.0. The standard InChI is InChI=1S/C35H34O6/c1-21(2)32(36)19-30-14-13-29(20-33(30)41-35(38)23(5)6)28-11-9-26(10-12-28)27-15-17-31(18-16-27)39-24(7)25(8)40-34(37)22(3)4/h9-18,20H,1,3,5,19H2,2,4,6-8H3. The van der Waals surface area contributed by atoms with Gasteiger partial charge in [0, 0.05) is 23.1 Å². The zero-order valence-electron chi connectivity index (χ0n) is 24.1. The summed E-state index contributed by atoms with van der Waals surface area (Å²) in [5.74, 6) is 0.587. The lowest BCUT2D eigenvalue weighted by Gasteiger charge is -2.13. The van der Waals surface area contributed by atoms with Gasteiger partial charge in [0.05, 0.1) is 0 Å². The molecule has 3 aromatic carbocycles. The lowest BCUT2D eigenvalue weighted by Crippen LogP contribution is -2.12. The maximum absolute atomic E-state index is 12.3. The second-order valence-electron chi connectivity index (χ2n) is 9.86. The Hall–Kier alpha value is -4.97. The van der Waals surface area contributed by atoms with Crippen LogP contribution in [0.3, 0.4) is 0 Å². The minimum absolute atomic E-state index is 0.0849. The molecule has 0 heterocycles. The van der Waals surface area contributed by atoms with E-state index in [1.807, 2.05) is 54.6 Å². The summed E-state index contributed by atoms with van der Waals surface area (Å²) >= 11 is 0. The number of esters is 2. The Labute approximate surface area is 241 Å². The van der Waals surface area contributed by atoms with Crippen molar-refractivity contribution in [2.45, 2.75) is 41.0 Å². The van der Waals surface area contributed by atoms with Crippen molar-refractivity contribution in [1.29, 1.82) is 0 Å². The molecule has 0 aliphatic heterocycles. The van der Waals surface area contributed by atoms with Crippen molar-refractivity contribution in [3.05, 3.63) is 120 Å². The molecule has 41 heavy (non-hydrogen) atoms. The molecule has 0 fully saturated rings. The molecule has 0 aliphatic rings. The predicted octanol–water partition coefficient (Wildman–Crippen LogP) is 7.94. The number of hydrogen-bond donors (Lipinski definition) is 0. The van der Waals surface area contributed by atoms with Crippen molar-refractivity contribution in [3.8, 4) is 33.8 Å². The van der Waals surface area contributed by atoms with Gasteiger partial charge in [-0.25, -0.2) is 9.59 Å². The van der Waals surface area contributed by atoms with Gasteiger partial charge in [0.15, 0.2) is 5.78 Å². The van der Waals surface area contributed by atoms with Gasteiger partial charge in [0.2, 0.25) is 0 Å². The third kappa shape index (κ3) is 8.26. The van der Waals surface area contributed by atoms with Crippen molar-refractivity contribution in [1.82, 2.24) is 0 Å². The first kappa shape index (κ1) is 30.6. The first-order valence-electron chi connectivity index (χ1n) is 13.0. The third-order valence-electron chi connectivity index (χ3n) is 6.21. The Morgan fingerprint density at radius 2 is 1.07 bits per heavy atom. The fraction of sp³-hybridized carbons (Fsp3) is 0.171. The molecule has 0 bridgehead atoms. The molecular formula is C35H34O6. The SMILES string of the molecule is C=C(C)C(=O)Cc1ccc(-c2ccc(-c3ccc(OC(C)=C(C)OC(=O)C(=C)C)cc3)cc2)cc1OC(=O)C(=C)C. The van der Waals surface area contributed by atoms with Gasteiger partial charge >= 0.3 is 11.9 Å². The van der Waals surface area contributed by atoms with Gasteiger partial charge in [-0.2, -0.15) is 0 Å². The van der Waals surface area contributed by atoms with Gasteiger partial charge < -0.3 is 14.2 Å². The number of benzene rings is 3. The summed E-state index contributed by atoms with van der Waals surface area (Å²) in [6.45, 7) is 19.1. The van der Waals surface area contributed by atoms with Crippen LogP contribution in [0.25, 0.3) is 22.3 Å². The van der Waals surface area contributed by atoms with E-state index in [4.69, 9.17) is 14.2 Å². The molecule has 0 atom stereocenters. The highest BCUT2D eigenvalue weighted by Gasteiger charge is 2.15. The van der Waals surface area contributed by atoms with Gasteiger partial charge in [0.25, 0.3) is 0 Å². The highest BCUT2D eigenvalue weighted by molar-refractivity contribution is 5.96. The number of carbonyl (C=O) groups excluding carboxylic acids is 3. The maximum Gasteiger partial charge on any atom is 0.338 e. The lowest BCUT2D eigenvalue weighted by molar-refractivity contribution is -0.135. The number of allylic oxidation sites excluding steroid dienone is 3. The van der Waals surface area contributed by atoms with Crippen molar-refractivity contribution in [2.24, 2.45) is 0 Å². The molecule has 0 unspecified atom stereocenters. The molecule has 0 saturated carbocycles. The van der Waals surface area contributed by atoms with Crippen LogP contribution in [0, 0.1) is 0 Å². The highest BCUT2D eigenvalue weighted by Crippen LogP contribution is 2.31. The summed E-state index contributed by atoms with van der Waals surface area (Å²) in [5.41, 5.74) is 5.35. The van der Waals surface area contributed by atoms with Crippen LogP contribution in [-0.4, -0.2) is 17.7 Å². The van der Waals surface area contributed by atoms with Crippen molar-refractivity contribution in [3.63, 3.8) is 0 Å². The molecule has 210 valence electrons. The molecule has 0 aromatic heterocycles. The van der Waals surface area contributed by atoms with Gasteiger partial charge in [-0.1, -0.05) is 68.3 Å². The first-order chi connectivity index (χ1) is 19.3. The molecule has 0 N–H and O–H groups in total. The summed E-state index contributed by atoms with van der Waals surface area (Å²) in [4.78, 5) is 36.3. The van der Waals surface area contributed by atoms with Crippen LogP contribution in [0.1, 0.15) is 40.2 Å². The monoisotopic (exact) mass is 550 g/mol. The van der Waals surface area contributed by atoms with E-state index in [1.165, 1.54) is 0 Å². The van der Waals surface area contributed by atoms with Crippen LogP contribution >= 0.6 is 0 Å². The van der Waals surface area contributed by atoms with Crippen molar-refractivity contribution >= 4 is 17.7 Å². The van der Waals surface area contributed by atoms with Gasteiger partial charge in [-0.3, -0.25) is 4.79 Å². The minimum atomic E-state index is -0.553. The number of hydrogen-bond acceptors (Lipinski definition) is 6. The van der Waals surface area contributed by atoms with E-state index in [0.717, 1.165) is 22.3 Å². The Kier molecular flexibility index (Phi) is 9.99. The number of carbonyl (C=O) groups is 3. The van der Waals surface area contributed by atoms with Crippen LogP contribution < -0.4 is 9.47 Å². The predicted molar refractivity (Wildman–Crippen MR) is 161 cm³/mol. The molecule has 0 saturated heterocycles. The second-order valence-corrected chi connectivity index (χ2v) is 9.86. The molecule has 6 heteroatoms. The smallest absolute Gasteiger partial charge is 0.338 e. The fourth-order valence-electron chi connectivity index (χ4n) is 3.60. The third-order valence-corrected chi connectivity index (χ3v) is 6.21. The van der Waals surface area contributed by atoms with Gasteiger partial charge in [0.1, 0.15) is 23.0 Å². The fourth-order valence-corrected chi connectivity index (χ4v) is 3.60. The molecule has 3 aromatic rings. The summed E-state index contributed by atoms with van der Waals surface area (Å²) < 4.78 is 16.6. The maximum atomic E-state index is 12.3. The van der Waals surface area contributed by atoms with Crippen molar-refractivity contribution < 1.29 is 28.6 Å². The molecular weight excluding hydrogens is 516 g/mol. The number of rotatable bonds is 11. The lowest BCUT2D eigenvalue weighted by atomic mass is 9.97. The normalized spacial score (nSPS) is 11.1. The van der Waals surface area contributed by atoms with E-state index in [9.17, 15) is 14.4 Å². The van der Waals surface area contributed by atoms with Gasteiger partial charge in [-0.15, -0.1) is 0 Å². The summed E-state index contributed by atoms with van der Waals surface area (Å²) in [7, 11) is 0. The Bertz CT molecular complexity index is 1550. The average Bonchev–Trinajstić information content (AvgIpc) is 2.94. The molecule has 0 spiro atoms. The first-order valence-corrected chi connectivity index (χ1v) is 13.0. The molecule has 0 radical (unpaired) electrons. The number of ether oxygens (including phenoxy) is 3. The molecule has 3 rings (SSSR count). The zero-order valence-corrected chi connectivity index (χ0v) is 24.1. The average molecular weight is 551 g/mol. The number of Topliss-reactive ketones (excluding diaryl/α,β-unsaturated/α-hetero) is 1. The number of ketones is 1. The van der Waals surface area contributed by atoms with E-state index < -0.39 is 11.9 Å². The van der Waals surface area contributed by atoms with E-state index in [0.29, 0.717) is 39.7 Å². The van der Waals surface area contributed by atoms with Gasteiger partial charge in [-0.05, 0) is 80.6 Å². The highest BCUT2D eigenvalue weighted by atomic mass is 16.6. The topological polar surface area (TPSA) is 78.9 Å². The minimum Gasteiger partial charge on any atom is -0.459 e. The Balaban J connectivity index is 1.80. The Morgan fingerprint density at radius 3 is 1.59 bits per heavy atom. The molecule has 0 amide bonds. The Morgan fingerprint density at radius 1 is 0.585 bits per heavy atom. The summed E-state index contributed by atoms with van der Waals surface area (Å²) in [5, 5.41) is 0. The second kappa shape index (κ2) is 13.4. The van der Waals surface area contributed by atoms with Crippen LogP contribution in [0.2, 0.25) is 0 Å². The van der Waals surface area contributed by atoms with Crippen LogP contribution in [-0.2, 0) is 25.5 Å². The van der Waals surface area contributed by atoms with Crippen LogP contribution in [0.4, 0.5) is 0 Å². The molecule has 0 aliphatic carbocycles. The molecule has 6 nitrogen and oxygen atoms in total. The zero-order chi connectivity index (χ0) is 30.3. The summed E-state index contributed by atoms with van der Waals surface area (Å²) in [6.07, 6.45) is 0.0849. The van der Waals surface area contributed by atoms with E-state index >= 15 is 0 Å². The van der Waals surface area contributed by atoms with E-state index in [-0.39, 0.29) is 17.8 Å². The van der Waals surface area contributed by atoms with E-state index in [2.05, 4.69) is 19.7 Å². The largest absolute Gasteiger partial charge is 0.459 e. The van der Waals surface area contributed by atoms with E-state index in [1.54, 1.807) is 46.8 Å². The van der Waals surface area contributed by atoms with Crippen molar-refractivity contribution in [2.75, 3.05) is 0 Å². The van der Waals surface area contributed by atoms with Crippen LogP contribution in [0.5, 0.6) is 11.5 Å².